The van der Waals surface area contributed by atoms with Crippen LogP contribution < -0.4 is 24.7 Å². The van der Waals surface area contributed by atoms with Crippen molar-refractivity contribution in [2.45, 2.75) is 0 Å². The van der Waals surface area contributed by atoms with Crippen molar-refractivity contribution in [3.05, 3.63) is 35.9 Å². The van der Waals surface area contributed by atoms with E-state index in [1.54, 1.807) is 12.1 Å². The smallest absolute Gasteiger partial charge is 0.248 e. The van der Waals surface area contributed by atoms with E-state index in [2.05, 4.69) is 0 Å². The molecular weight excluding hydrogens is 274 g/mol. The molecule has 4 rings (SSSR count). The Morgan fingerprint density at radius 3 is 2.52 bits per heavy atom. The van der Waals surface area contributed by atoms with Crippen LogP contribution in [0.1, 0.15) is 10.4 Å². The first kappa shape index (κ1) is 11.9. The lowest BCUT2D eigenvalue weighted by atomic mass is 10.0. The van der Waals surface area contributed by atoms with Gasteiger partial charge in [0.15, 0.2) is 23.0 Å². The Balaban J connectivity index is 1.89. The Kier molecular flexibility index (Phi) is 2.44. The third kappa shape index (κ3) is 1.84. The highest BCUT2D eigenvalue weighted by Crippen LogP contribution is 2.44. The maximum atomic E-state index is 11.5. The number of amides is 1. The van der Waals surface area contributed by atoms with Gasteiger partial charge in [-0.3, -0.25) is 4.79 Å². The number of ether oxygens (including phenoxy) is 4. The number of carbonyl (C=O) groups is 1. The monoisotopic (exact) mass is 285 g/mol. The summed E-state index contributed by atoms with van der Waals surface area (Å²) in [6.07, 6.45) is 0. The molecule has 2 heterocycles. The van der Waals surface area contributed by atoms with E-state index in [-0.39, 0.29) is 13.6 Å². The molecule has 0 saturated carbocycles. The summed E-state index contributed by atoms with van der Waals surface area (Å²) in [5.41, 5.74) is 7.30. The van der Waals surface area contributed by atoms with E-state index in [9.17, 15) is 4.79 Å². The molecule has 2 aromatic carbocycles. The summed E-state index contributed by atoms with van der Waals surface area (Å²) in [5.74, 6) is 1.94. The highest BCUT2D eigenvalue weighted by atomic mass is 16.7. The lowest BCUT2D eigenvalue weighted by Gasteiger charge is -2.09. The molecule has 0 atom stereocenters. The normalized spacial score (nSPS) is 14.3. The van der Waals surface area contributed by atoms with Gasteiger partial charge in [-0.2, -0.15) is 0 Å². The van der Waals surface area contributed by atoms with Crippen molar-refractivity contribution in [2.75, 3.05) is 13.6 Å². The molecule has 6 nitrogen and oxygen atoms in total. The fraction of sp³-hybridized carbons (Fsp3) is 0.133. The lowest BCUT2D eigenvalue weighted by Crippen LogP contribution is -2.10. The Morgan fingerprint density at radius 1 is 0.905 bits per heavy atom. The third-order valence-corrected chi connectivity index (χ3v) is 3.44. The van der Waals surface area contributed by atoms with E-state index in [0.717, 1.165) is 11.1 Å². The van der Waals surface area contributed by atoms with Crippen LogP contribution in [0.2, 0.25) is 0 Å². The predicted octanol–water partition coefficient (Wildman–Crippen LogP) is 1.91. The summed E-state index contributed by atoms with van der Waals surface area (Å²) < 4.78 is 21.5. The number of primary amides is 1. The maximum absolute atomic E-state index is 11.5. The van der Waals surface area contributed by atoms with Gasteiger partial charge in [-0.25, -0.2) is 0 Å². The zero-order valence-corrected chi connectivity index (χ0v) is 10.9. The zero-order valence-electron chi connectivity index (χ0n) is 10.9. The first-order chi connectivity index (χ1) is 10.2. The summed E-state index contributed by atoms with van der Waals surface area (Å²) in [4.78, 5) is 11.5. The van der Waals surface area contributed by atoms with E-state index >= 15 is 0 Å². The van der Waals surface area contributed by atoms with Crippen molar-refractivity contribution in [2.24, 2.45) is 5.73 Å². The molecule has 0 bridgehead atoms. The SMILES string of the molecule is NC(=O)c1cc2c(c(-c3ccc4c(c3)OCO4)c1)OCO2. The standard InChI is InChI=1S/C15H11NO5/c16-15(17)9-3-10(14-13(5-9)20-7-21-14)8-1-2-11-12(4-8)19-6-18-11/h1-5H,6-7H2,(H2,16,17). The maximum Gasteiger partial charge on any atom is 0.248 e. The van der Waals surface area contributed by atoms with Gasteiger partial charge in [-0.05, 0) is 29.8 Å². The fourth-order valence-electron chi connectivity index (χ4n) is 2.43. The Morgan fingerprint density at radius 2 is 1.67 bits per heavy atom. The second-order valence-electron chi connectivity index (χ2n) is 4.69. The van der Waals surface area contributed by atoms with E-state index < -0.39 is 5.91 Å². The second kappa shape index (κ2) is 4.31. The number of nitrogens with two attached hydrogens (primary N) is 1. The summed E-state index contributed by atoms with van der Waals surface area (Å²) in [6, 6.07) is 8.80. The Hall–Kier alpha value is -2.89. The number of hydrogen-bond donors (Lipinski definition) is 1. The van der Waals surface area contributed by atoms with Gasteiger partial charge in [0.25, 0.3) is 0 Å². The van der Waals surface area contributed by atoms with Gasteiger partial charge in [0.2, 0.25) is 19.5 Å². The second-order valence-corrected chi connectivity index (χ2v) is 4.69. The van der Waals surface area contributed by atoms with Gasteiger partial charge in [0, 0.05) is 11.1 Å². The highest BCUT2D eigenvalue weighted by molar-refractivity contribution is 5.96. The molecule has 21 heavy (non-hydrogen) atoms. The van der Waals surface area contributed by atoms with Crippen molar-refractivity contribution in [3.8, 4) is 34.1 Å². The minimum Gasteiger partial charge on any atom is -0.454 e. The first-order valence-electron chi connectivity index (χ1n) is 6.36. The van der Waals surface area contributed by atoms with Gasteiger partial charge in [-0.15, -0.1) is 0 Å². The average Bonchev–Trinajstić information content (AvgIpc) is 3.13. The van der Waals surface area contributed by atoms with Gasteiger partial charge in [0.1, 0.15) is 0 Å². The van der Waals surface area contributed by atoms with E-state index in [1.165, 1.54) is 0 Å². The van der Waals surface area contributed by atoms with Crippen molar-refractivity contribution >= 4 is 5.91 Å². The van der Waals surface area contributed by atoms with E-state index in [0.29, 0.717) is 28.6 Å². The molecule has 0 radical (unpaired) electrons. The van der Waals surface area contributed by atoms with Gasteiger partial charge >= 0.3 is 0 Å². The minimum absolute atomic E-state index is 0.120. The summed E-state index contributed by atoms with van der Waals surface area (Å²) in [7, 11) is 0. The molecule has 106 valence electrons. The molecule has 0 aliphatic carbocycles. The van der Waals surface area contributed by atoms with Crippen LogP contribution >= 0.6 is 0 Å². The Labute approximate surface area is 120 Å². The largest absolute Gasteiger partial charge is 0.454 e. The molecule has 6 heteroatoms. The van der Waals surface area contributed by atoms with Crippen molar-refractivity contribution in [1.29, 1.82) is 0 Å². The molecule has 2 N–H and O–H groups in total. The van der Waals surface area contributed by atoms with Crippen LogP contribution in [-0.2, 0) is 0 Å². The van der Waals surface area contributed by atoms with E-state index in [4.69, 9.17) is 24.7 Å². The first-order valence-corrected chi connectivity index (χ1v) is 6.36. The molecule has 2 aliphatic rings. The number of hydrogen-bond acceptors (Lipinski definition) is 5. The molecule has 0 spiro atoms. The summed E-state index contributed by atoms with van der Waals surface area (Å²) in [6.45, 7) is 0.326. The highest BCUT2D eigenvalue weighted by Gasteiger charge is 2.23. The predicted molar refractivity (Wildman–Crippen MR) is 72.6 cm³/mol. The summed E-state index contributed by atoms with van der Waals surface area (Å²) >= 11 is 0. The number of benzene rings is 2. The number of fused-ring (bicyclic) bond motifs is 2. The molecule has 1 amide bonds. The Bertz CT molecular complexity index is 756. The van der Waals surface area contributed by atoms with Crippen LogP contribution in [0.4, 0.5) is 0 Å². The van der Waals surface area contributed by atoms with Gasteiger partial charge < -0.3 is 24.7 Å². The van der Waals surface area contributed by atoms with E-state index in [1.807, 2.05) is 18.2 Å². The average molecular weight is 285 g/mol. The van der Waals surface area contributed by atoms with Crippen LogP contribution in [-0.4, -0.2) is 19.5 Å². The molecule has 0 fully saturated rings. The molecule has 0 aromatic heterocycles. The molecule has 2 aromatic rings. The van der Waals surface area contributed by atoms with Crippen LogP contribution in [0.15, 0.2) is 30.3 Å². The quantitative estimate of drug-likeness (QED) is 0.911. The van der Waals surface area contributed by atoms with Crippen LogP contribution in [0.25, 0.3) is 11.1 Å². The van der Waals surface area contributed by atoms with Crippen LogP contribution in [0, 0.1) is 0 Å². The van der Waals surface area contributed by atoms with Gasteiger partial charge in [0.05, 0.1) is 0 Å². The topological polar surface area (TPSA) is 80.0 Å². The minimum atomic E-state index is -0.518. The zero-order chi connectivity index (χ0) is 14.4. The third-order valence-electron chi connectivity index (χ3n) is 3.44. The number of carbonyl (C=O) groups excluding carboxylic acids is 1. The van der Waals surface area contributed by atoms with Crippen molar-refractivity contribution in [1.82, 2.24) is 0 Å². The summed E-state index contributed by atoms with van der Waals surface area (Å²) in [5, 5.41) is 0. The number of rotatable bonds is 2. The lowest BCUT2D eigenvalue weighted by molar-refractivity contribution is 0.1000. The molecular formula is C15H11NO5. The molecule has 0 saturated heterocycles. The van der Waals surface area contributed by atoms with Gasteiger partial charge in [-0.1, -0.05) is 6.07 Å². The fourth-order valence-corrected chi connectivity index (χ4v) is 2.43. The molecule has 0 unspecified atom stereocenters. The van der Waals surface area contributed by atoms with Crippen molar-refractivity contribution in [3.63, 3.8) is 0 Å². The van der Waals surface area contributed by atoms with Crippen molar-refractivity contribution < 1.29 is 23.7 Å². The van der Waals surface area contributed by atoms with Crippen LogP contribution in [0.5, 0.6) is 23.0 Å². The van der Waals surface area contributed by atoms with Crippen LogP contribution in [0.3, 0.4) is 0 Å². The molecule has 2 aliphatic heterocycles.